The van der Waals surface area contributed by atoms with Gasteiger partial charge in [-0.3, -0.25) is 4.57 Å². The lowest BCUT2D eigenvalue weighted by atomic mass is 10.2. The molecule has 0 fully saturated rings. The number of hydrogen-bond donors (Lipinski definition) is 0. The average molecular weight is 343 g/mol. The average Bonchev–Trinajstić information content (AvgIpc) is 3.15. The molecule has 114 valence electrons. The van der Waals surface area contributed by atoms with Crippen molar-refractivity contribution in [1.82, 2.24) is 19.7 Å². The van der Waals surface area contributed by atoms with Crippen LogP contribution in [0.5, 0.6) is 0 Å². The number of alkyl halides is 2. The highest BCUT2D eigenvalue weighted by Crippen LogP contribution is 2.27. The third-order valence-electron chi connectivity index (χ3n) is 2.78. The van der Waals surface area contributed by atoms with Gasteiger partial charge in [0.15, 0.2) is 0 Å². The Hall–Kier alpha value is -1.93. The Morgan fingerprint density at radius 1 is 1.23 bits per heavy atom. The first-order chi connectivity index (χ1) is 10.6. The number of hydrogen-bond acceptors (Lipinski definition) is 5. The zero-order valence-corrected chi connectivity index (χ0v) is 12.6. The van der Waals surface area contributed by atoms with Crippen LogP contribution < -0.4 is 0 Å². The number of rotatable bonds is 5. The lowest BCUT2D eigenvalue weighted by Gasteiger charge is -2.04. The molecule has 0 bridgehead atoms. The van der Waals surface area contributed by atoms with Crippen molar-refractivity contribution in [2.45, 2.75) is 17.5 Å². The van der Waals surface area contributed by atoms with E-state index in [1.54, 1.807) is 24.3 Å². The molecular weight excluding hydrogens is 334 g/mol. The molecule has 0 aliphatic carbocycles. The summed E-state index contributed by atoms with van der Waals surface area (Å²) in [6, 6.07) is 6.95. The lowest BCUT2D eigenvalue weighted by molar-refractivity contribution is 0.0678. The molecule has 0 spiro atoms. The Bertz CT molecular complexity index is 760. The molecule has 0 saturated heterocycles. The summed E-state index contributed by atoms with van der Waals surface area (Å²) in [5.41, 5.74) is 0.734. The second-order valence-corrected chi connectivity index (χ2v) is 5.56. The van der Waals surface area contributed by atoms with E-state index < -0.39 is 6.55 Å². The van der Waals surface area contributed by atoms with Gasteiger partial charge in [0.1, 0.15) is 5.82 Å². The summed E-state index contributed by atoms with van der Waals surface area (Å²) in [6.07, 6.45) is 2.56. The number of aromatic nitrogens is 4. The van der Waals surface area contributed by atoms with Crippen molar-refractivity contribution < 1.29 is 13.2 Å². The van der Waals surface area contributed by atoms with Crippen LogP contribution in [-0.2, 0) is 5.75 Å². The van der Waals surface area contributed by atoms with Crippen LogP contribution in [0.15, 0.2) is 46.3 Å². The highest BCUT2D eigenvalue weighted by Gasteiger charge is 2.14. The first-order valence-corrected chi connectivity index (χ1v) is 7.52. The van der Waals surface area contributed by atoms with Crippen LogP contribution in [0.3, 0.4) is 0 Å². The van der Waals surface area contributed by atoms with Gasteiger partial charge in [-0.2, -0.15) is 8.78 Å². The van der Waals surface area contributed by atoms with E-state index in [0.717, 1.165) is 21.9 Å². The fraction of sp³-hybridized carbons (Fsp3) is 0.154. The third kappa shape index (κ3) is 3.28. The molecule has 0 N–H and O–H groups in total. The van der Waals surface area contributed by atoms with Gasteiger partial charge in [0.05, 0.1) is 5.75 Å². The maximum Gasteiger partial charge on any atom is 0.319 e. The first-order valence-electron chi connectivity index (χ1n) is 6.15. The van der Waals surface area contributed by atoms with Gasteiger partial charge in [-0.1, -0.05) is 23.4 Å². The molecule has 0 radical (unpaired) electrons. The maximum atomic E-state index is 12.7. The van der Waals surface area contributed by atoms with Crippen molar-refractivity contribution in [2.24, 2.45) is 0 Å². The van der Waals surface area contributed by atoms with Gasteiger partial charge < -0.3 is 4.42 Å². The van der Waals surface area contributed by atoms with Crippen LogP contribution in [0.25, 0.3) is 11.5 Å². The van der Waals surface area contributed by atoms with E-state index in [1.165, 1.54) is 12.4 Å². The van der Waals surface area contributed by atoms with Gasteiger partial charge in [0, 0.05) is 23.0 Å². The van der Waals surface area contributed by atoms with Crippen LogP contribution in [0.2, 0.25) is 5.02 Å². The summed E-state index contributed by atoms with van der Waals surface area (Å²) in [5, 5.41) is 8.69. The predicted octanol–water partition coefficient (Wildman–Crippen LogP) is 4.27. The molecule has 0 saturated carbocycles. The minimum absolute atomic E-state index is 0.208. The minimum Gasteiger partial charge on any atom is -0.411 e. The van der Waals surface area contributed by atoms with Crippen LogP contribution in [-0.4, -0.2) is 19.7 Å². The Labute approximate surface area is 133 Å². The third-order valence-corrected chi connectivity index (χ3v) is 3.85. The fourth-order valence-electron chi connectivity index (χ4n) is 1.74. The van der Waals surface area contributed by atoms with Crippen molar-refractivity contribution in [3.63, 3.8) is 0 Å². The molecule has 3 aromatic rings. The van der Waals surface area contributed by atoms with Gasteiger partial charge in [0.25, 0.3) is 5.22 Å². The van der Waals surface area contributed by atoms with E-state index in [2.05, 4.69) is 15.2 Å². The Morgan fingerprint density at radius 2 is 2.00 bits per heavy atom. The number of nitrogens with zero attached hydrogens (tertiary/aromatic N) is 4. The van der Waals surface area contributed by atoms with Crippen LogP contribution >= 0.6 is 23.4 Å². The fourth-order valence-corrected chi connectivity index (χ4v) is 2.58. The predicted molar refractivity (Wildman–Crippen MR) is 77.8 cm³/mol. The molecular formula is C13H9ClF2N4OS. The molecule has 2 aromatic heterocycles. The quantitative estimate of drug-likeness (QED) is 0.648. The van der Waals surface area contributed by atoms with E-state index >= 15 is 0 Å². The molecule has 2 heterocycles. The monoisotopic (exact) mass is 342 g/mol. The van der Waals surface area contributed by atoms with Crippen molar-refractivity contribution in [3.8, 4) is 11.5 Å². The summed E-state index contributed by atoms with van der Waals surface area (Å²) < 4.78 is 31.7. The Kier molecular flexibility index (Phi) is 4.39. The molecule has 0 aliphatic rings. The molecule has 5 nitrogen and oxygen atoms in total. The number of halogens is 3. The van der Waals surface area contributed by atoms with Gasteiger partial charge in [-0.15, -0.1) is 10.2 Å². The van der Waals surface area contributed by atoms with E-state index in [0.29, 0.717) is 10.9 Å². The van der Waals surface area contributed by atoms with Gasteiger partial charge >= 0.3 is 6.55 Å². The lowest BCUT2D eigenvalue weighted by Crippen LogP contribution is -2.01. The van der Waals surface area contributed by atoms with E-state index in [1.807, 2.05) is 0 Å². The van der Waals surface area contributed by atoms with Crippen LogP contribution in [0, 0.1) is 0 Å². The highest BCUT2D eigenvalue weighted by atomic mass is 35.5. The molecule has 3 rings (SSSR count). The molecule has 0 amide bonds. The van der Waals surface area contributed by atoms with Gasteiger partial charge in [-0.25, -0.2) is 4.98 Å². The largest absolute Gasteiger partial charge is 0.411 e. The highest BCUT2D eigenvalue weighted by molar-refractivity contribution is 7.98. The summed E-state index contributed by atoms with van der Waals surface area (Å²) >= 11 is 6.96. The van der Waals surface area contributed by atoms with Crippen LogP contribution in [0.1, 0.15) is 12.4 Å². The topological polar surface area (TPSA) is 56.7 Å². The Morgan fingerprint density at radius 3 is 2.73 bits per heavy atom. The first kappa shape index (κ1) is 15.0. The SMILES string of the molecule is FC(F)n1ccnc1CSc1nnc(-c2ccc(Cl)cc2)o1. The van der Waals surface area contributed by atoms with E-state index in [-0.39, 0.29) is 16.8 Å². The van der Waals surface area contributed by atoms with Crippen molar-refractivity contribution in [2.75, 3.05) is 0 Å². The number of imidazole rings is 1. The normalized spacial score (nSPS) is 11.3. The van der Waals surface area contributed by atoms with E-state index in [4.69, 9.17) is 16.0 Å². The van der Waals surface area contributed by atoms with Crippen molar-refractivity contribution >= 4 is 23.4 Å². The van der Waals surface area contributed by atoms with E-state index in [9.17, 15) is 8.78 Å². The zero-order valence-electron chi connectivity index (χ0n) is 11.0. The number of thioether (sulfide) groups is 1. The second-order valence-electron chi connectivity index (χ2n) is 4.20. The minimum atomic E-state index is -2.62. The molecule has 0 aliphatic heterocycles. The molecule has 22 heavy (non-hydrogen) atoms. The van der Waals surface area contributed by atoms with Crippen molar-refractivity contribution in [1.29, 1.82) is 0 Å². The Balaban J connectivity index is 1.69. The molecule has 9 heteroatoms. The van der Waals surface area contributed by atoms with Crippen molar-refractivity contribution in [3.05, 3.63) is 47.5 Å². The summed E-state index contributed by atoms with van der Waals surface area (Å²) in [6.45, 7) is -2.62. The van der Waals surface area contributed by atoms with Crippen LogP contribution in [0.4, 0.5) is 8.78 Å². The smallest absolute Gasteiger partial charge is 0.319 e. The maximum absolute atomic E-state index is 12.7. The summed E-state index contributed by atoms with van der Waals surface area (Å²) in [7, 11) is 0. The molecule has 1 aromatic carbocycles. The number of benzene rings is 1. The standard InChI is InChI=1S/C13H9ClF2N4OS/c14-9-3-1-8(2-4-9)11-18-19-13(21-11)22-7-10-17-5-6-20(10)12(15)16/h1-6,12H,7H2. The molecule has 0 unspecified atom stereocenters. The zero-order chi connectivity index (χ0) is 15.5. The van der Waals surface area contributed by atoms with Gasteiger partial charge in [-0.05, 0) is 24.3 Å². The summed E-state index contributed by atoms with van der Waals surface area (Å²) in [4.78, 5) is 3.88. The summed E-state index contributed by atoms with van der Waals surface area (Å²) in [5.74, 6) is 0.794. The molecule has 0 atom stereocenters. The second kappa shape index (κ2) is 6.45. The van der Waals surface area contributed by atoms with Gasteiger partial charge in [0.2, 0.25) is 5.89 Å².